The van der Waals surface area contributed by atoms with E-state index in [0.29, 0.717) is 13.0 Å². The highest BCUT2D eigenvalue weighted by Crippen LogP contribution is 2.47. The maximum atomic E-state index is 12.9. The molecule has 0 aromatic heterocycles. The second kappa shape index (κ2) is 48.2. The summed E-state index contributed by atoms with van der Waals surface area (Å²) in [5.74, 6) is -0.489. The van der Waals surface area contributed by atoms with Gasteiger partial charge in [-0.3, -0.25) is 13.8 Å². The van der Waals surface area contributed by atoms with Crippen molar-refractivity contribution in [2.75, 3.05) is 19.8 Å². The van der Waals surface area contributed by atoms with Gasteiger partial charge in [0.05, 0.1) is 13.2 Å². The summed E-state index contributed by atoms with van der Waals surface area (Å²) < 4.78 is 34.4. The van der Waals surface area contributed by atoms with E-state index >= 15 is 0 Å². The highest BCUT2D eigenvalue weighted by atomic mass is 31.2. The van der Waals surface area contributed by atoms with Gasteiger partial charge in [-0.2, -0.15) is 0 Å². The van der Waals surface area contributed by atoms with Crippen LogP contribution < -0.4 is 0 Å². The van der Waals surface area contributed by atoms with E-state index in [1.807, 2.05) is 0 Å². The first-order valence-electron chi connectivity index (χ1n) is 28.4. The molecule has 0 aromatic rings. The summed E-state index contributed by atoms with van der Waals surface area (Å²) in [6, 6.07) is 0. The molecule has 72 heavy (non-hydrogen) atoms. The summed E-state index contributed by atoms with van der Waals surface area (Å²) in [5.41, 5.74) is 0. The summed E-state index contributed by atoms with van der Waals surface area (Å²) in [4.78, 5) is 23.3. The number of allylic oxidation sites excluding steroid dienone is 14. The van der Waals surface area contributed by atoms with Crippen LogP contribution in [0.5, 0.6) is 0 Å². The van der Waals surface area contributed by atoms with Gasteiger partial charge in [0.2, 0.25) is 0 Å². The van der Waals surface area contributed by atoms with Gasteiger partial charge in [0.1, 0.15) is 42.7 Å². The Bertz CT molecular complexity index is 1510. The van der Waals surface area contributed by atoms with Crippen LogP contribution >= 0.6 is 7.82 Å². The van der Waals surface area contributed by atoms with E-state index in [0.717, 1.165) is 103 Å². The minimum atomic E-state index is -5.04. The smallest absolute Gasteiger partial charge is 0.457 e. The standard InChI is InChI=1S/C59H103O12P/c1-3-5-7-9-11-13-15-17-19-21-23-25-26-27-29-31-33-35-37-39-41-43-45-47-49-68-50-52(51-69-72(66,67)71-59-57(64)55(62)54(61)56(63)58(59)65)70-53(60)48-46-44-42-40-38-36-34-32-30-28-24-22-20-18-16-14-12-10-8-6-4-2/h6,8,12,14-15,17-18,20-21,23-24,26-28,52,54-59,61-65H,3-5,7,9-11,13,16,19,22,25,29-51H2,1-2H3,(H,66,67)/b8-6-,14-12-,17-15-,20-18-,23-21-,27-26-,28-24-. The number of carbonyl (C=O) groups excluding carboxylic acids is 1. The Balaban J connectivity index is 2.31. The van der Waals surface area contributed by atoms with Gasteiger partial charge in [-0.05, 0) is 89.9 Å². The van der Waals surface area contributed by atoms with Crippen LogP contribution in [-0.4, -0.2) is 98.9 Å². The number of ether oxygens (including phenoxy) is 2. The van der Waals surface area contributed by atoms with Gasteiger partial charge >= 0.3 is 13.8 Å². The summed E-state index contributed by atoms with van der Waals surface area (Å²) in [6.07, 6.45) is 53.6. The van der Waals surface area contributed by atoms with Crippen molar-refractivity contribution < 1.29 is 58.3 Å². The number of aliphatic hydroxyl groups excluding tert-OH is 5. The van der Waals surface area contributed by atoms with Gasteiger partial charge in [0.25, 0.3) is 0 Å². The number of phosphoric acid groups is 1. The second-order valence-electron chi connectivity index (χ2n) is 19.4. The Kier molecular flexibility index (Phi) is 45.2. The Labute approximate surface area is 437 Å². The van der Waals surface area contributed by atoms with Crippen molar-refractivity contribution in [2.45, 2.75) is 262 Å². The molecule has 1 rings (SSSR count). The number of carbonyl (C=O) groups is 1. The molecular weight excluding hydrogens is 932 g/mol. The lowest BCUT2D eigenvalue weighted by Crippen LogP contribution is -2.64. The Morgan fingerprint density at radius 2 is 0.819 bits per heavy atom. The van der Waals surface area contributed by atoms with Crippen LogP contribution in [0.25, 0.3) is 0 Å². The van der Waals surface area contributed by atoms with E-state index in [2.05, 4.69) is 98.9 Å². The minimum absolute atomic E-state index is 0.0881. The minimum Gasteiger partial charge on any atom is -0.457 e. The molecule has 0 heterocycles. The largest absolute Gasteiger partial charge is 0.472 e. The van der Waals surface area contributed by atoms with Crippen molar-refractivity contribution >= 4 is 13.8 Å². The average Bonchev–Trinajstić information content (AvgIpc) is 3.37. The molecular formula is C59H103O12P. The molecule has 13 heteroatoms. The van der Waals surface area contributed by atoms with Crippen LogP contribution in [-0.2, 0) is 27.9 Å². The van der Waals surface area contributed by atoms with Gasteiger partial charge in [-0.25, -0.2) is 4.57 Å². The molecule has 1 saturated carbocycles. The molecule has 0 amide bonds. The quantitative estimate of drug-likeness (QED) is 0.0146. The first-order valence-corrected chi connectivity index (χ1v) is 29.9. The van der Waals surface area contributed by atoms with Crippen molar-refractivity contribution in [3.63, 3.8) is 0 Å². The monoisotopic (exact) mass is 1030 g/mol. The van der Waals surface area contributed by atoms with Gasteiger partial charge < -0.3 is 39.9 Å². The van der Waals surface area contributed by atoms with Gasteiger partial charge in [0, 0.05) is 13.0 Å². The molecule has 0 aromatic carbocycles. The van der Waals surface area contributed by atoms with Crippen LogP contribution in [0.1, 0.15) is 219 Å². The first kappa shape index (κ1) is 67.5. The van der Waals surface area contributed by atoms with Crippen molar-refractivity contribution in [3.05, 3.63) is 85.1 Å². The van der Waals surface area contributed by atoms with Crippen LogP contribution in [0.15, 0.2) is 85.1 Å². The lowest BCUT2D eigenvalue weighted by atomic mass is 9.85. The number of esters is 1. The lowest BCUT2D eigenvalue weighted by Gasteiger charge is -2.41. The number of hydrogen-bond acceptors (Lipinski definition) is 11. The normalized spacial score (nSPS) is 21.3. The van der Waals surface area contributed by atoms with Gasteiger partial charge in [-0.15, -0.1) is 0 Å². The third kappa shape index (κ3) is 39.0. The summed E-state index contributed by atoms with van der Waals surface area (Å²) in [7, 11) is -5.04. The fourth-order valence-corrected chi connectivity index (χ4v) is 9.27. The van der Waals surface area contributed by atoms with E-state index < -0.39 is 63.1 Å². The molecule has 1 aliphatic rings. The second-order valence-corrected chi connectivity index (χ2v) is 20.8. The molecule has 1 fully saturated rings. The fraction of sp³-hybridized carbons (Fsp3) is 0.746. The van der Waals surface area contributed by atoms with Crippen molar-refractivity contribution in [3.8, 4) is 0 Å². The lowest BCUT2D eigenvalue weighted by molar-refractivity contribution is -0.220. The summed E-state index contributed by atoms with van der Waals surface area (Å²) >= 11 is 0. The van der Waals surface area contributed by atoms with Crippen LogP contribution in [0.3, 0.4) is 0 Å². The number of unbranched alkanes of at least 4 members (excludes halogenated alkanes) is 22. The molecule has 0 saturated heterocycles. The summed E-state index contributed by atoms with van der Waals surface area (Å²) in [6.45, 7) is 4.13. The zero-order chi connectivity index (χ0) is 52.6. The van der Waals surface area contributed by atoms with Gasteiger partial charge in [0.15, 0.2) is 0 Å². The predicted octanol–water partition coefficient (Wildman–Crippen LogP) is 13.7. The van der Waals surface area contributed by atoms with E-state index in [4.69, 9.17) is 18.5 Å². The van der Waals surface area contributed by atoms with Gasteiger partial charge in [-0.1, -0.05) is 208 Å². The summed E-state index contributed by atoms with van der Waals surface area (Å²) in [5, 5.41) is 50.4. The fourth-order valence-electron chi connectivity index (χ4n) is 8.30. The van der Waals surface area contributed by atoms with Crippen molar-refractivity contribution in [1.29, 1.82) is 0 Å². The average molecular weight is 1040 g/mol. The van der Waals surface area contributed by atoms with E-state index in [1.165, 1.54) is 89.9 Å². The maximum Gasteiger partial charge on any atom is 0.472 e. The third-order valence-electron chi connectivity index (χ3n) is 12.8. The first-order chi connectivity index (χ1) is 35.0. The maximum absolute atomic E-state index is 12.9. The Morgan fingerprint density at radius 1 is 0.458 bits per heavy atom. The zero-order valence-corrected chi connectivity index (χ0v) is 45.8. The molecule has 6 atom stereocenters. The topological polar surface area (TPSA) is 192 Å². The van der Waals surface area contributed by atoms with Crippen molar-refractivity contribution in [2.24, 2.45) is 0 Å². The molecule has 0 bridgehead atoms. The van der Waals surface area contributed by atoms with Crippen LogP contribution in [0, 0.1) is 0 Å². The SMILES string of the molecule is CC/C=C\C/C=C\C/C=C\C/C=C\CCCCCCCCCCC(=O)OC(COCCCCCCCCCCC/C=C\C/C=C\C/C=C\CCCCCCC)COP(=O)(O)OC1C(O)C(O)C(O)C(O)C1O. The van der Waals surface area contributed by atoms with E-state index in [1.54, 1.807) is 0 Å². The number of aliphatic hydroxyl groups is 5. The Morgan fingerprint density at radius 3 is 1.25 bits per heavy atom. The Hall–Kier alpha value is -2.48. The van der Waals surface area contributed by atoms with E-state index in [9.17, 15) is 39.8 Å². The van der Waals surface area contributed by atoms with Crippen molar-refractivity contribution in [1.82, 2.24) is 0 Å². The molecule has 0 spiro atoms. The van der Waals surface area contributed by atoms with Crippen LogP contribution in [0.2, 0.25) is 0 Å². The molecule has 1 aliphatic carbocycles. The molecule has 6 unspecified atom stereocenters. The predicted molar refractivity (Wildman–Crippen MR) is 294 cm³/mol. The zero-order valence-electron chi connectivity index (χ0n) is 45.0. The number of hydrogen-bond donors (Lipinski definition) is 6. The third-order valence-corrected chi connectivity index (χ3v) is 13.7. The molecule has 6 N–H and O–H groups in total. The molecule has 0 aliphatic heterocycles. The van der Waals surface area contributed by atoms with E-state index in [-0.39, 0.29) is 13.0 Å². The number of rotatable bonds is 48. The van der Waals surface area contributed by atoms with Crippen LogP contribution in [0.4, 0.5) is 0 Å². The molecule has 0 radical (unpaired) electrons. The highest BCUT2D eigenvalue weighted by molar-refractivity contribution is 7.47. The number of phosphoric ester groups is 1. The highest BCUT2D eigenvalue weighted by Gasteiger charge is 2.51. The molecule has 416 valence electrons. The molecule has 12 nitrogen and oxygen atoms in total.